The lowest BCUT2D eigenvalue weighted by Crippen LogP contribution is -2.04. The molecule has 0 fully saturated rings. The van der Waals surface area contributed by atoms with Crippen molar-refractivity contribution in [2.45, 2.75) is 25.9 Å². The van der Waals surface area contributed by atoms with Crippen molar-refractivity contribution in [1.82, 2.24) is 4.98 Å². The molecule has 2 aromatic rings. The van der Waals surface area contributed by atoms with Gasteiger partial charge in [-0.1, -0.05) is 24.6 Å². The van der Waals surface area contributed by atoms with Crippen LogP contribution < -0.4 is 4.74 Å². The molecule has 1 atom stereocenters. The number of hydrogen-bond donors (Lipinski definition) is 1. The number of aliphatic hydroxyl groups is 1. The second-order valence-corrected chi connectivity index (χ2v) is 5.17. The summed E-state index contributed by atoms with van der Waals surface area (Å²) in [6, 6.07) is 5.89. The van der Waals surface area contributed by atoms with Crippen LogP contribution in [-0.4, -0.2) is 16.7 Å². The molecule has 5 heteroatoms. The number of benzene rings is 1. The van der Waals surface area contributed by atoms with Crippen molar-refractivity contribution in [2.24, 2.45) is 0 Å². The quantitative estimate of drug-likeness (QED) is 0.879. The third-order valence-electron chi connectivity index (χ3n) is 3.02. The first-order valence-corrected chi connectivity index (χ1v) is 7.17. The first-order chi connectivity index (χ1) is 10.1. The zero-order valence-electron chi connectivity index (χ0n) is 11.7. The van der Waals surface area contributed by atoms with Crippen LogP contribution in [0.5, 0.6) is 5.75 Å². The Morgan fingerprint density at radius 2 is 2.14 bits per heavy atom. The summed E-state index contributed by atoms with van der Waals surface area (Å²) in [6.45, 7) is 2.62. The van der Waals surface area contributed by atoms with E-state index >= 15 is 0 Å². The number of aliphatic hydroxyl groups excluding tert-OH is 1. The maximum Gasteiger partial charge on any atom is 0.137 e. The van der Waals surface area contributed by atoms with E-state index in [2.05, 4.69) is 4.98 Å². The van der Waals surface area contributed by atoms with E-state index in [0.717, 1.165) is 6.42 Å². The highest BCUT2D eigenvalue weighted by Gasteiger charge is 2.13. The molecule has 3 nitrogen and oxygen atoms in total. The Hall–Kier alpha value is -1.65. The number of aromatic nitrogens is 1. The summed E-state index contributed by atoms with van der Waals surface area (Å²) in [5.74, 6) is 0.230. The molecule has 1 aromatic heterocycles. The molecule has 0 aliphatic heterocycles. The van der Waals surface area contributed by atoms with E-state index in [1.807, 2.05) is 6.92 Å². The average molecular weight is 310 g/mol. The van der Waals surface area contributed by atoms with E-state index in [9.17, 15) is 9.50 Å². The minimum atomic E-state index is -0.773. The lowest BCUT2D eigenvalue weighted by Gasteiger charge is -2.13. The number of nitrogens with zero attached hydrogens (tertiary/aromatic N) is 1. The van der Waals surface area contributed by atoms with E-state index in [1.54, 1.807) is 24.5 Å². The predicted octanol–water partition coefficient (Wildman–Crippen LogP) is 3.94. The Morgan fingerprint density at radius 1 is 1.33 bits per heavy atom. The van der Waals surface area contributed by atoms with Gasteiger partial charge in [0.2, 0.25) is 0 Å². The molecule has 0 spiro atoms. The molecule has 1 N–H and O–H groups in total. The topological polar surface area (TPSA) is 42.4 Å². The second kappa shape index (κ2) is 7.38. The first kappa shape index (κ1) is 15.7. The van der Waals surface area contributed by atoms with Gasteiger partial charge in [0.1, 0.15) is 11.6 Å². The van der Waals surface area contributed by atoms with Crippen LogP contribution in [0.4, 0.5) is 4.39 Å². The zero-order valence-corrected chi connectivity index (χ0v) is 12.5. The van der Waals surface area contributed by atoms with Crippen molar-refractivity contribution in [3.63, 3.8) is 0 Å². The summed E-state index contributed by atoms with van der Waals surface area (Å²) in [4.78, 5) is 4.06. The molecule has 1 heterocycles. The van der Waals surface area contributed by atoms with E-state index in [4.69, 9.17) is 16.3 Å². The van der Waals surface area contributed by atoms with Gasteiger partial charge in [0.15, 0.2) is 0 Å². The van der Waals surface area contributed by atoms with Crippen LogP contribution in [0.25, 0.3) is 0 Å². The van der Waals surface area contributed by atoms with Crippen molar-refractivity contribution in [3.8, 4) is 5.75 Å². The molecule has 0 radical (unpaired) electrons. The number of hydrogen-bond acceptors (Lipinski definition) is 3. The maximum absolute atomic E-state index is 13.0. The number of pyridine rings is 1. The van der Waals surface area contributed by atoms with E-state index in [1.165, 1.54) is 12.1 Å². The van der Waals surface area contributed by atoms with Gasteiger partial charge in [-0.25, -0.2) is 4.39 Å². The zero-order chi connectivity index (χ0) is 15.2. The van der Waals surface area contributed by atoms with Gasteiger partial charge in [-0.15, -0.1) is 0 Å². The Labute approximate surface area is 128 Å². The van der Waals surface area contributed by atoms with E-state index < -0.39 is 11.9 Å². The van der Waals surface area contributed by atoms with Gasteiger partial charge in [-0.3, -0.25) is 4.98 Å². The minimum Gasteiger partial charge on any atom is -0.492 e. The summed E-state index contributed by atoms with van der Waals surface area (Å²) in [5.41, 5.74) is 1.33. The van der Waals surface area contributed by atoms with Crippen LogP contribution >= 0.6 is 11.6 Å². The largest absolute Gasteiger partial charge is 0.492 e. The van der Waals surface area contributed by atoms with Crippen molar-refractivity contribution in [2.75, 3.05) is 6.61 Å². The Morgan fingerprint density at radius 3 is 2.86 bits per heavy atom. The summed E-state index contributed by atoms with van der Waals surface area (Å²) in [7, 11) is 0. The normalized spacial score (nSPS) is 12.2. The molecule has 2 rings (SSSR count). The molecule has 1 unspecified atom stereocenters. The third-order valence-corrected chi connectivity index (χ3v) is 3.37. The molecule has 0 amide bonds. The fourth-order valence-electron chi connectivity index (χ4n) is 1.93. The molecular formula is C16H17ClFNO2. The first-order valence-electron chi connectivity index (χ1n) is 6.80. The van der Waals surface area contributed by atoms with Crippen molar-refractivity contribution in [1.29, 1.82) is 0 Å². The van der Waals surface area contributed by atoms with Gasteiger partial charge in [-0.05, 0) is 30.2 Å². The fraction of sp³-hybridized carbons (Fsp3) is 0.312. The molecule has 112 valence electrons. The Bertz CT molecular complexity index is 607. The highest BCUT2D eigenvalue weighted by atomic mass is 35.5. The summed E-state index contributed by atoms with van der Waals surface area (Å²) >= 11 is 5.97. The maximum atomic E-state index is 13.0. The Kier molecular flexibility index (Phi) is 5.53. The molecular weight excluding hydrogens is 293 g/mol. The van der Waals surface area contributed by atoms with Gasteiger partial charge in [0.25, 0.3) is 0 Å². The average Bonchev–Trinajstić information content (AvgIpc) is 2.48. The SMILES string of the molecule is CCCOc1cncc(C(O)Cc2ccc(F)cc2Cl)c1. The number of halogens is 2. The summed E-state index contributed by atoms with van der Waals surface area (Å²) < 4.78 is 18.5. The van der Waals surface area contributed by atoms with Gasteiger partial charge in [-0.2, -0.15) is 0 Å². The Balaban J connectivity index is 2.10. The van der Waals surface area contributed by atoms with Crippen LogP contribution in [0.1, 0.15) is 30.6 Å². The van der Waals surface area contributed by atoms with Crippen LogP contribution in [-0.2, 0) is 6.42 Å². The lowest BCUT2D eigenvalue weighted by atomic mass is 10.0. The fourth-order valence-corrected chi connectivity index (χ4v) is 2.17. The standard InChI is InChI=1S/C16H17ClFNO2/c1-2-5-21-14-6-12(9-19-10-14)16(20)7-11-3-4-13(18)8-15(11)17/h3-4,6,8-10,16,20H,2,5,7H2,1H3. The van der Waals surface area contributed by atoms with E-state index in [-0.39, 0.29) is 6.42 Å². The lowest BCUT2D eigenvalue weighted by molar-refractivity contribution is 0.177. The predicted molar refractivity (Wildman–Crippen MR) is 80.1 cm³/mol. The minimum absolute atomic E-state index is 0.290. The van der Waals surface area contributed by atoms with Crippen molar-refractivity contribution < 1.29 is 14.2 Å². The third kappa shape index (κ3) is 4.41. The molecule has 21 heavy (non-hydrogen) atoms. The highest BCUT2D eigenvalue weighted by molar-refractivity contribution is 6.31. The highest BCUT2D eigenvalue weighted by Crippen LogP contribution is 2.25. The van der Waals surface area contributed by atoms with Crippen LogP contribution in [0.3, 0.4) is 0 Å². The summed E-state index contributed by atoms with van der Waals surface area (Å²) in [6.07, 6.45) is 3.61. The van der Waals surface area contributed by atoms with Crippen molar-refractivity contribution >= 4 is 11.6 Å². The van der Waals surface area contributed by atoms with Crippen LogP contribution in [0.15, 0.2) is 36.7 Å². The van der Waals surface area contributed by atoms with E-state index in [0.29, 0.717) is 28.5 Å². The smallest absolute Gasteiger partial charge is 0.137 e. The van der Waals surface area contributed by atoms with Crippen molar-refractivity contribution in [3.05, 3.63) is 58.6 Å². The monoisotopic (exact) mass is 309 g/mol. The number of ether oxygens (including phenoxy) is 1. The van der Waals surface area contributed by atoms with Crippen LogP contribution in [0.2, 0.25) is 5.02 Å². The second-order valence-electron chi connectivity index (χ2n) is 4.76. The van der Waals surface area contributed by atoms with Gasteiger partial charge >= 0.3 is 0 Å². The molecule has 0 aliphatic rings. The molecule has 1 aromatic carbocycles. The number of rotatable bonds is 6. The summed E-state index contributed by atoms with van der Waals surface area (Å²) in [5, 5.41) is 10.6. The molecule has 0 saturated heterocycles. The molecule has 0 saturated carbocycles. The van der Waals surface area contributed by atoms with Crippen LogP contribution in [0, 0.1) is 5.82 Å². The van der Waals surface area contributed by atoms with Gasteiger partial charge < -0.3 is 9.84 Å². The van der Waals surface area contributed by atoms with Gasteiger partial charge in [0, 0.05) is 23.2 Å². The molecule has 0 bridgehead atoms. The van der Waals surface area contributed by atoms with Gasteiger partial charge in [0.05, 0.1) is 18.9 Å². The molecule has 0 aliphatic carbocycles.